The lowest BCUT2D eigenvalue weighted by Crippen LogP contribution is -1.97. The number of nitrogen functional groups attached to an aromatic ring is 1. The van der Waals surface area contributed by atoms with Gasteiger partial charge in [-0.25, -0.2) is 14.8 Å². The Morgan fingerprint density at radius 3 is 2.93 bits per heavy atom. The third-order valence-electron chi connectivity index (χ3n) is 1.79. The first kappa shape index (κ1) is 9.20. The van der Waals surface area contributed by atoms with Crippen LogP contribution in [0.25, 0.3) is 11.5 Å². The van der Waals surface area contributed by atoms with Crippen LogP contribution in [0.4, 0.5) is 5.82 Å². The Kier molecular flexibility index (Phi) is 2.09. The van der Waals surface area contributed by atoms with E-state index in [2.05, 4.69) is 9.97 Å². The summed E-state index contributed by atoms with van der Waals surface area (Å²) in [6.07, 6.45) is 2.59. The van der Waals surface area contributed by atoms with Crippen molar-refractivity contribution >= 4 is 11.8 Å². The summed E-state index contributed by atoms with van der Waals surface area (Å²) >= 11 is 0. The lowest BCUT2D eigenvalue weighted by molar-refractivity contribution is 0.0690. The van der Waals surface area contributed by atoms with Crippen LogP contribution in [-0.4, -0.2) is 21.0 Å². The molecule has 0 spiro atoms. The number of pyridine rings is 1. The number of nitrogens with zero attached hydrogens (tertiary/aromatic N) is 2. The standard InChI is InChI=1S/C9H7N3O3/c10-7-5(2-1-3-11-7)8-12-6(4-15-8)9(13)14/h1-4H,(H2,10,11)(H,13,14). The van der Waals surface area contributed by atoms with Crippen LogP contribution in [0.1, 0.15) is 10.5 Å². The van der Waals surface area contributed by atoms with Gasteiger partial charge in [-0.15, -0.1) is 0 Å². The molecule has 0 saturated carbocycles. The predicted octanol–water partition coefficient (Wildman–Crippen LogP) is 1.02. The van der Waals surface area contributed by atoms with Gasteiger partial charge in [0.15, 0.2) is 5.69 Å². The van der Waals surface area contributed by atoms with Crippen molar-refractivity contribution in [2.75, 3.05) is 5.73 Å². The maximum Gasteiger partial charge on any atom is 0.357 e. The van der Waals surface area contributed by atoms with Crippen LogP contribution in [0.3, 0.4) is 0 Å². The average Bonchev–Trinajstić information content (AvgIpc) is 2.67. The summed E-state index contributed by atoms with van der Waals surface area (Å²) < 4.78 is 4.98. The highest BCUT2D eigenvalue weighted by molar-refractivity contribution is 5.85. The number of nitrogens with two attached hydrogens (primary N) is 1. The minimum absolute atomic E-state index is 0.151. The first-order chi connectivity index (χ1) is 7.18. The van der Waals surface area contributed by atoms with Crippen LogP contribution in [0.5, 0.6) is 0 Å². The van der Waals surface area contributed by atoms with Gasteiger partial charge in [0.1, 0.15) is 12.1 Å². The lowest BCUT2D eigenvalue weighted by atomic mass is 10.2. The van der Waals surface area contributed by atoms with Gasteiger partial charge in [-0.1, -0.05) is 0 Å². The van der Waals surface area contributed by atoms with Crippen LogP contribution >= 0.6 is 0 Å². The monoisotopic (exact) mass is 205 g/mol. The van der Waals surface area contributed by atoms with E-state index in [0.717, 1.165) is 6.26 Å². The SMILES string of the molecule is Nc1ncccc1-c1nc(C(=O)O)co1. The molecule has 2 aromatic rings. The van der Waals surface area contributed by atoms with Crippen molar-refractivity contribution < 1.29 is 14.3 Å². The van der Waals surface area contributed by atoms with Gasteiger partial charge in [0, 0.05) is 6.20 Å². The van der Waals surface area contributed by atoms with Gasteiger partial charge in [-0.05, 0) is 12.1 Å². The van der Waals surface area contributed by atoms with Gasteiger partial charge >= 0.3 is 5.97 Å². The Bertz CT molecular complexity index is 507. The molecule has 0 aliphatic rings. The number of anilines is 1. The lowest BCUT2D eigenvalue weighted by Gasteiger charge is -1.97. The first-order valence-corrected chi connectivity index (χ1v) is 4.08. The summed E-state index contributed by atoms with van der Waals surface area (Å²) in [7, 11) is 0. The van der Waals surface area contributed by atoms with Crippen molar-refractivity contribution in [1.82, 2.24) is 9.97 Å². The molecule has 76 valence electrons. The number of rotatable bonds is 2. The maximum atomic E-state index is 10.6. The molecule has 6 heteroatoms. The molecular weight excluding hydrogens is 198 g/mol. The number of hydrogen-bond donors (Lipinski definition) is 2. The Labute approximate surface area is 84.4 Å². The van der Waals surface area contributed by atoms with Gasteiger partial charge in [0.05, 0.1) is 5.56 Å². The van der Waals surface area contributed by atoms with E-state index in [0.29, 0.717) is 5.56 Å². The van der Waals surface area contributed by atoms with Crippen LogP contribution in [0.15, 0.2) is 29.0 Å². The van der Waals surface area contributed by atoms with Crippen molar-refractivity contribution in [3.8, 4) is 11.5 Å². The van der Waals surface area contributed by atoms with E-state index in [9.17, 15) is 4.79 Å². The fraction of sp³-hybridized carbons (Fsp3) is 0. The van der Waals surface area contributed by atoms with E-state index in [4.69, 9.17) is 15.3 Å². The van der Waals surface area contributed by atoms with E-state index in [-0.39, 0.29) is 17.4 Å². The second kappa shape index (κ2) is 3.41. The average molecular weight is 205 g/mol. The molecule has 0 aliphatic heterocycles. The van der Waals surface area contributed by atoms with E-state index in [1.165, 1.54) is 6.20 Å². The molecule has 0 fully saturated rings. The molecular formula is C9H7N3O3. The molecule has 0 aliphatic carbocycles. The quantitative estimate of drug-likeness (QED) is 0.758. The summed E-state index contributed by atoms with van der Waals surface area (Å²) in [5, 5.41) is 8.64. The number of carboxylic acid groups (broad SMARTS) is 1. The zero-order valence-electron chi connectivity index (χ0n) is 7.54. The smallest absolute Gasteiger partial charge is 0.357 e. The molecule has 2 heterocycles. The van der Waals surface area contributed by atoms with Crippen LogP contribution in [-0.2, 0) is 0 Å². The largest absolute Gasteiger partial charge is 0.476 e. The van der Waals surface area contributed by atoms with Crippen molar-refractivity contribution in [3.05, 3.63) is 30.3 Å². The van der Waals surface area contributed by atoms with Crippen molar-refractivity contribution in [2.45, 2.75) is 0 Å². The fourth-order valence-corrected chi connectivity index (χ4v) is 1.09. The molecule has 0 amide bonds. The molecule has 3 N–H and O–H groups in total. The minimum Gasteiger partial charge on any atom is -0.476 e. The van der Waals surface area contributed by atoms with Crippen LogP contribution < -0.4 is 5.73 Å². The first-order valence-electron chi connectivity index (χ1n) is 4.08. The highest BCUT2D eigenvalue weighted by Gasteiger charge is 2.13. The fourth-order valence-electron chi connectivity index (χ4n) is 1.09. The highest BCUT2D eigenvalue weighted by Crippen LogP contribution is 2.22. The molecule has 0 saturated heterocycles. The van der Waals surface area contributed by atoms with Crippen molar-refractivity contribution in [1.29, 1.82) is 0 Å². The van der Waals surface area contributed by atoms with Crippen LogP contribution in [0.2, 0.25) is 0 Å². The van der Waals surface area contributed by atoms with Gasteiger partial charge in [0.2, 0.25) is 5.89 Å². The van der Waals surface area contributed by atoms with E-state index in [1.54, 1.807) is 12.1 Å². The van der Waals surface area contributed by atoms with Gasteiger partial charge in [-0.3, -0.25) is 0 Å². The Morgan fingerprint density at radius 1 is 1.53 bits per heavy atom. The molecule has 6 nitrogen and oxygen atoms in total. The third kappa shape index (κ3) is 1.64. The summed E-state index contributed by atoms with van der Waals surface area (Å²) in [4.78, 5) is 18.2. The zero-order chi connectivity index (χ0) is 10.8. The van der Waals surface area contributed by atoms with E-state index < -0.39 is 5.97 Å². The van der Waals surface area contributed by atoms with Gasteiger partial charge in [0.25, 0.3) is 0 Å². The maximum absolute atomic E-state index is 10.6. The molecule has 0 aromatic carbocycles. The number of carbonyl (C=O) groups is 1. The number of aromatic carboxylic acids is 1. The molecule has 0 bridgehead atoms. The van der Waals surface area contributed by atoms with Crippen LogP contribution in [0, 0.1) is 0 Å². The Morgan fingerprint density at radius 2 is 2.33 bits per heavy atom. The summed E-state index contributed by atoms with van der Waals surface area (Å²) in [6.45, 7) is 0. The second-order valence-corrected chi connectivity index (χ2v) is 2.78. The van der Waals surface area contributed by atoms with E-state index >= 15 is 0 Å². The number of oxazole rings is 1. The number of aromatic nitrogens is 2. The second-order valence-electron chi connectivity index (χ2n) is 2.78. The minimum atomic E-state index is -1.15. The molecule has 2 rings (SSSR count). The zero-order valence-corrected chi connectivity index (χ0v) is 7.54. The molecule has 2 aromatic heterocycles. The summed E-state index contributed by atoms with van der Waals surface area (Å²) in [5.41, 5.74) is 5.90. The Hall–Kier alpha value is -2.37. The van der Waals surface area contributed by atoms with Gasteiger partial charge < -0.3 is 15.3 Å². The van der Waals surface area contributed by atoms with Gasteiger partial charge in [-0.2, -0.15) is 0 Å². The summed E-state index contributed by atoms with van der Waals surface area (Å²) in [5.74, 6) is -0.748. The molecule has 15 heavy (non-hydrogen) atoms. The highest BCUT2D eigenvalue weighted by atomic mass is 16.4. The van der Waals surface area contributed by atoms with Crippen molar-refractivity contribution in [3.63, 3.8) is 0 Å². The molecule has 0 atom stereocenters. The normalized spacial score (nSPS) is 10.1. The molecule has 0 unspecified atom stereocenters. The summed E-state index contributed by atoms with van der Waals surface area (Å²) in [6, 6.07) is 3.32. The predicted molar refractivity (Wildman–Crippen MR) is 51.1 cm³/mol. The Balaban J connectivity index is 2.46. The topological polar surface area (TPSA) is 102 Å². The molecule has 0 radical (unpaired) electrons. The van der Waals surface area contributed by atoms with Crippen molar-refractivity contribution in [2.24, 2.45) is 0 Å². The number of carboxylic acids is 1. The van der Waals surface area contributed by atoms with E-state index in [1.807, 2.05) is 0 Å². The third-order valence-corrected chi connectivity index (χ3v) is 1.79. The number of hydrogen-bond acceptors (Lipinski definition) is 5.